The Kier molecular flexibility index (Phi) is 7.35. The van der Waals surface area contributed by atoms with Gasteiger partial charge in [-0.15, -0.1) is 5.10 Å². The summed E-state index contributed by atoms with van der Waals surface area (Å²) in [6.45, 7) is 0. The Balaban J connectivity index is 1.13. The molecule has 0 radical (unpaired) electrons. The molecule has 6 rings (SSSR count). The number of rotatable bonds is 10. The number of carbonyl (C=O) groups is 2. The van der Waals surface area contributed by atoms with Crippen LogP contribution in [0.5, 0.6) is 0 Å². The number of nitrogens with zero attached hydrogens (tertiary/aromatic N) is 5. The van der Waals surface area contributed by atoms with Gasteiger partial charge in [-0.1, -0.05) is 6.07 Å². The van der Waals surface area contributed by atoms with Crippen LogP contribution >= 0.6 is 0 Å². The summed E-state index contributed by atoms with van der Waals surface area (Å²) >= 11 is 0. The number of ketones is 1. The van der Waals surface area contributed by atoms with Crippen molar-refractivity contribution in [3.05, 3.63) is 72.3 Å². The number of aromatic nitrogens is 5. The lowest BCUT2D eigenvalue weighted by molar-refractivity contribution is -0.119. The van der Waals surface area contributed by atoms with Crippen molar-refractivity contribution in [2.24, 2.45) is 5.92 Å². The van der Waals surface area contributed by atoms with Crippen LogP contribution in [0.1, 0.15) is 61.1 Å². The first-order valence-electron chi connectivity index (χ1n) is 13.8. The molecule has 0 unspecified atom stereocenters. The minimum atomic E-state index is -0.620. The van der Waals surface area contributed by atoms with Crippen LogP contribution in [0.4, 0.5) is 21.6 Å². The van der Waals surface area contributed by atoms with E-state index < -0.39 is 11.7 Å². The van der Waals surface area contributed by atoms with Crippen LogP contribution in [-0.2, 0) is 11.2 Å². The van der Waals surface area contributed by atoms with Gasteiger partial charge in [0, 0.05) is 49.1 Å². The summed E-state index contributed by atoms with van der Waals surface area (Å²) in [5.41, 5.74) is 2.38. The highest BCUT2D eigenvalue weighted by Crippen LogP contribution is 2.32. The normalized spacial score (nSPS) is 18.8. The number of anilines is 3. The van der Waals surface area contributed by atoms with E-state index in [4.69, 9.17) is 5.10 Å². The summed E-state index contributed by atoms with van der Waals surface area (Å²) in [4.78, 5) is 38.1. The van der Waals surface area contributed by atoms with Crippen molar-refractivity contribution in [3.63, 3.8) is 0 Å². The van der Waals surface area contributed by atoms with Crippen molar-refractivity contribution in [2.45, 2.75) is 63.5 Å². The topological polar surface area (TPSA) is 126 Å². The molecule has 3 N–H and O–H groups in total. The Morgan fingerprint density at radius 2 is 1.73 bits per heavy atom. The number of hydrogen-bond donors (Lipinski definition) is 3. The fourth-order valence-electron chi connectivity index (χ4n) is 5.23. The average molecular weight is 543 g/mol. The van der Waals surface area contributed by atoms with E-state index in [1.54, 1.807) is 6.20 Å². The van der Waals surface area contributed by atoms with Crippen molar-refractivity contribution >= 4 is 34.5 Å². The predicted octanol–water partition coefficient (Wildman–Crippen LogP) is 4.66. The van der Waals surface area contributed by atoms with Gasteiger partial charge in [-0.2, -0.15) is 0 Å². The highest BCUT2D eigenvalue weighted by Gasteiger charge is 2.27. The Morgan fingerprint density at radius 1 is 0.925 bits per heavy atom. The lowest BCUT2D eigenvalue weighted by Gasteiger charge is -2.29. The minimum absolute atomic E-state index is 0.0378. The number of imidazole rings is 1. The third kappa shape index (κ3) is 6.08. The Hall–Kier alpha value is -4.41. The first-order valence-corrected chi connectivity index (χ1v) is 13.8. The van der Waals surface area contributed by atoms with Gasteiger partial charge in [0.05, 0.1) is 23.8 Å². The Bertz CT molecular complexity index is 1510. The molecule has 0 aliphatic heterocycles. The molecule has 0 saturated heterocycles. The van der Waals surface area contributed by atoms with Gasteiger partial charge < -0.3 is 16.0 Å². The summed E-state index contributed by atoms with van der Waals surface area (Å²) < 4.78 is 15.6. The number of halogens is 1. The van der Waals surface area contributed by atoms with E-state index in [2.05, 4.69) is 30.9 Å². The van der Waals surface area contributed by atoms with Crippen LogP contribution in [-0.4, -0.2) is 48.3 Å². The molecule has 4 aromatic heterocycles. The van der Waals surface area contributed by atoms with E-state index in [1.807, 2.05) is 24.3 Å². The van der Waals surface area contributed by atoms with Crippen LogP contribution in [0.2, 0.25) is 0 Å². The maximum absolute atomic E-state index is 14.1. The molecule has 4 heterocycles. The summed E-state index contributed by atoms with van der Waals surface area (Å²) in [6.07, 6.45) is 12.5. The molecule has 1 amide bonds. The molecule has 0 bridgehead atoms. The summed E-state index contributed by atoms with van der Waals surface area (Å²) in [7, 11) is 0. The van der Waals surface area contributed by atoms with Crippen LogP contribution in [0.3, 0.4) is 0 Å². The summed E-state index contributed by atoms with van der Waals surface area (Å²) in [6, 6.07) is 9.56. The monoisotopic (exact) mass is 542 g/mol. The zero-order valence-corrected chi connectivity index (χ0v) is 22.0. The molecule has 0 atom stereocenters. The van der Waals surface area contributed by atoms with Gasteiger partial charge in [0.15, 0.2) is 17.2 Å². The molecular weight excluding hydrogens is 511 g/mol. The zero-order valence-electron chi connectivity index (χ0n) is 22.0. The molecule has 11 heteroatoms. The van der Waals surface area contributed by atoms with Crippen molar-refractivity contribution < 1.29 is 14.0 Å². The minimum Gasteiger partial charge on any atom is -0.379 e. The van der Waals surface area contributed by atoms with E-state index in [0.717, 1.165) is 56.1 Å². The van der Waals surface area contributed by atoms with Gasteiger partial charge in [-0.3, -0.25) is 19.6 Å². The molecule has 206 valence electrons. The third-order valence-electron chi connectivity index (χ3n) is 7.48. The second-order valence-corrected chi connectivity index (χ2v) is 10.7. The molecule has 10 nitrogen and oxygen atoms in total. The highest BCUT2D eigenvalue weighted by atomic mass is 19.1. The maximum atomic E-state index is 14.1. The van der Waals surface area contributed by atoms with E-state index in [1.165, 1.54) is 23.0 Å². The van der Waals surface area contributed by atoms with Crippen molar-refractivity contribution in [3.8, 4) is 0 Å². The quantitative estimate of drug-likeness (QED) is 0.264. The molecule has 2 fully saturated rings. The second kappa shape index (κ2) is 11.4. The van der Waals surface area contributed by atoms with Crippen molar-refractivity contribution in [1.29, 1.82) is 0 Å². The number of nitrogens with one attached hydrogen (secondary N) is 3. The van der Waals surface area contributed by atoms with Gasteiger partial charge in [0.1, 0.15) is 11.6 Å². The van der Waals surface area contributed by atoms with Crippen LogP contribution in [0.25, 0.3) is 5.65 Å². The lowest BCUT2D eigenvalue weighted by Crippen LogP contribution is -2.28. The highest BCUT2D eigenvalue weighted by molar-refractivity contribution is 6.03. The molecule has 2 aliphatic carbocycles. The second-order valence-electron chi connectivity index (χ2n) is 10.7. The van der Waals surface area contributed by atoms with E-state index in [0.29, 0.717) is 36.3 Å². The zero-order chi connectivity index (χ0) is 27.5. The van der Waals surface area contributed by atoms with Gasteiger partial charge in [0.25, 0.3) is 5.91 Å². The van der Waals surface area contributed by atoms with E-state index in [-0.39, 0.29) is 23.2 Å². The average Bonchev–Trinajstić information content (AvgIpc) is 3.66. The van der Waals surface area contributed by atoms with E-state index >= 15 is 0 Å². The molecule has 2 aliphatic rings. The van der Waals surface area contributed by atoms with Crippen LogP contribution < -0.4 is 16.0 Å². The SMILES string of the molecule is O=C(Cc1ccccn1)CC1CCC(Nc2cc(NC3CC3)c3ncc(C(=O)Nc4ccncc4F)n3n2)CC1. The van der Waals surface area contributed by atoms with Gasteiger partial charge in [-0.25, -0.2) is 13.9 Å². The largest absolute Gasteiger partial charge is 0.379 e. The molecular formula is C29H31FN8O2. The fraction of sp³-hybridized carbons (Fsp3) is 0.379. The fourth-order valence-corrected chi connectivity index (χ4v) is 5.23. The van der Waals surface area contributed by atoms with Crippen LogP contribution in [0, 0.1) is 11.7 Å². The standard InChI is InChI=1S/C29H31FN8O2/c30-23-16-31-12-10-24(23)36-29(40)26-17-33-28-25(34-19-8-9-19)15-27(37-38(26)28)35-20-6-4-18(5-7-20)13-22(39)14-21-3-1-2-11-32-21/h1-3,10-12,15-20,34H,4-9,13-14H2,(H,35,37)(H,31,36,40). The number of Topliss-reactive ketones (excluding diaryl/α,β-unsaturated/α-hetero) is 1. The lowest BCUT2D eigenvalue weighted by atomic mass is 9.82. The Morgan fingerprint density at radius 3 is 2.48 bits per heavy atom. The molecule has 0 spiro atoms. The van der Waals surface area contributed by atoms with Crippen molar-refractivity contribution in [2.75, 3.05) is 16.0 Å². The smallest absolute Gasteiger partial charge is 0.276 e. The molecule has 0 aromatic carbocycles. The number of amides is 1. The van der Waals surface area contributed by atoms with Gasteiger partial charge in [-0.05, 0) is 62.6 Å². The number of fused-ring (bicyclic) bond motifs is 1. The van der Waals surface area contributed by atoms with Crippen molar-refractivity contribution in [1.82, 2.24) is 24.6 Å². The number of hydrogen-bond acceptors (Lipinski definition) is 8. The summed E-state index contributed by atoms with van der Waals surface area (Å²) in [5.74, 6) is 0.0954. The van der Waals surface area contributed by atoms with Gasteiger partial charge >= 0.3 is 0 Å². The molecule has 40 heavy (non-hydrogen) atoms. The van der Waals surface area contributed by atoms with Gasteiger partial charge in [0.2, 0.25) is 0 Å². The van der Waals surface area contributed by atoms with Crippen LogP contribution in [0.15, 0.2) is 55.1 Å². The number of carbonyl (C=O) groups excluding carboxylic acids is 2. The maximum Gasteiger partial charge on any atom is 0.276 e. The van der Waals surface area contributed by atoms with E-state index in [9.17, 15) is 14.0 Å². The first-order chi connectivity index (χ1) is 19.5. The predicted molar refractivity (Wildman–Crippen MR) is 149 cm³/mol. The first kappa shape index (κ1) is 25.8. The number of pyridine rings is 2. The Labute approximate surface area is 230 Å². The third-order valence-corrected chi connectivity index (χ3v) is 7.48. The molecule has 2 saturated carbocycles. The summed E-state index contributed by atoms with van der Waals surface area (Å²) in [5, 5.41) is 14.3. The molecule has 4 aromatic rings.